The van der Waals surface area contributed by atoms with Crippen LogP contribution in [0.2, 0.25) is 0 Å². The first-order valence-corrected chi connectivity index (χ1v) is 8.72. The number of pyridine rings is 1. The zero-order valence-electron chi connectivity index (χ0n) is 12.8. The number of likely N-dealkylation sites (tertiary alicyclic amines) is 1. The van der Waals surface area contributed by atoms with Crippen LogP contribution in [0.15, 0.2) is 34.4 Å². The fraction of sp³-hybridized carbons (Fsp3) is 0.375. The Hall–Kier alpha value is -2.00. The van der Waals surface area contributed by atoms with Crippen molar-refractivity contribution in [3.63, 3.8) is 0 Å². The predicted octanol–water partition coefficient (Wildman–Crippen LogP) is 0.573. The molecule has 1 fully saturated rings. The molecule has 2 aromatic rings. The summed E-state index contributed by atoms with van der Waals surface area (Å²) in [6, 6.07) is 6.81. The summed E-state index contributed by atoms with van der Waals surface area (Å²) in [5, 5.41) is 21.0. The molecule has 3 atom stereocenters. The van der Waals surface area contributed by atoms with Crippen molar-refractivity contribution in [1.82, 2.24) is 9.47 Å². The number of aromatic nitrogens is 1. The largest absolute Gasteiger partial charge is 0.595 e. The summed E-state index contributed by atoms with van der Waals surface area (Å²) in [4.78, 5) is 27.6. The molecule has 2 N–H and O–H groups in total. The maximum atomic E-state index is 12.6. The minimum atomic E-state index is -1.19. The van der Waals surface area contributed by atoms with Crippen molar-refractivity contribution in [2.75, 3.05) is 13.1 Å². The molecular formula is C16H17N3O4S. The molecule has 8 heteroatoms. The summed E-state index contributed by atoms with van der Waals surface area (Å²) in [5.74, 6) is 0.302. The number of nitrogens with zero attached hydrogens (tertiary/aromatic N) is 2. The van der Waals surface area contributed by atoms with E-state index in [4.69, 9.17) is 5.21 Å². The molecule has 4 rings (SSSR count). The Morgan fingerprint density at radius 1 is 1.29 bits per heavy atom. The average molecular weight is 347 g/mol. The van der Waals surface area contributed by atoms with E-state index in [1.54, 1.807) is 10.6 Å². The highest BCUT2D eigenvalue weighted by atomic mass is 32.1. The molecule has 0 aromatic carbocycles. The van der Waals surface area contributed by atoms with E-state index in [0.29, 0.717) is 19.6 Å². The SMILES string of the molecule is O=C(c1cccs1)N1C[C@@H]2C[C@@H](C1)c1ccc([NH+]([O-])O)c(=O)n1C2. The molecule has 1 saturated heterocycles. The lowest BCUT2D eigenvalue weighted by atomic mass is 9.83. The van der Waals surface area contributed by atoms with E-state index in [1.165, 1.54) is 17.4 Å². The quantitative estimate of drug-likeness (QED) is 0.778. The molecule has 7 nitrogen and oxygen atoms in total. The molecular weight excluding hydrogens is 330 g/mol. The molecule has 24 heavy (non-hydrogen) atoms. The number of rotatable bonds is 2. The first-order valence-electron chi connectivity index (χ1n) is 7.84. The monoisotopic (exact) mass is 347 g/mol. The van der Waals surface area contributed by atoms with Crippen molar-refractivity contribution in [3.05, 3.63) is 55.8 Å². The number of carbonyl (C=O) groups excluding carboxylic acids is 1. The average Bonchev–Trinajstić information content (AvgIpc) is 3.09. The van der Waals surface area contributed by atoms with Gasteiger partial charge in [0.1, 0.15) is 0 Å². The number of amides is 1. The van der Waals surface area contributed by atoms with Crippen LogP contribution in [0.3, 0.4) is 0 Å². The van der Waals surface area contributed by atoms with Gasteiger partial charge in [-0.1, -0.05) is 6.07 Å². The van der Waals surface area contributed by atoms with Crippen molar-refractivity contribution >= 4 is 22.9 Å². The van der Waals surface area contributed by atoms with Gasteiger partial charge < -0.3 is 14.7 Å². The molecule has 1 unspecified atom stereocenters. The van der Waals surface area contributed by atoms with Crippen LogP contribution < -0.4 is 10.8 Å². The summed E-state index contributed by atoms with van der Waals surface area (Å²) in [7, 11) is 0. The highest BCUT2D eigenvalue weighted by Crippen LogP contribution is 2.36. The molecule has 126 valence electrons. The van der Waals surface area contributed by atoms with E-state index in [-0.39, 0.29) is 23.4 Å². The van der Waals surface area contributed by atoms with E-state index >= 15 is 0 Å². The lowest BCUT2D eigenvalue weighted by Gasteiger charge is -2.42. The predicted molar refractivity (Wildman–Crippen MR) is 87.5 cm³/mol. The van der Waals surface area contributed by atoms with Crippen LogP contribution in [0.4, 0.5) is 5.69 Å². The first-order chi connectivity index (χ1) is 11.5. The second-order valence-electron chi connectivity index (χ2n) is 6.38. The van der Waals surface area contributed by atoms with Gasteiger partial charge in [-0.15, -0.1) is 11.3 Å². The molecule has 2 aromatic heterocycles. The molecule has 1 amide bonds. The third-order valence-corrected chi connectivity index (χ3v) is 5.71. The normalized spacial score (nSPS) is 23.7. The van der Waals surface area contributed by atoms with E-state index in [9.17, 15) is 14.8 Å². The molecule has 2 bridgehead atoms. The van der Waals surface area contributed by atoms with Crippen molar-refractivity contribution in [2.45, 2.75) is 18.9 Å². The fourth-order valence-electron chi connectivity index (χ4n) is 3.83. The van der Waals surface area contributed by atoms with E-state index in [2.05, 4.69) is 0 Å². The molecule has 4 heterocycles. The molecule has 2 aliphatic rings. The third kappa shape index (κ3) is 2.48. The maximum absolute atomic E-state index is 12.6. The van der Waals surface area contributed by atoms with Gasteiger partial charge in [0.05, 0.1) is 4.88 Å². The fourth-order valence-corrected chi connectivity index (χ4v) is 4.52. The number of thiophene rings is 1. The van der Waals surface area contributed by atoms with Crippen LogP contribution in [0.25, 0.3) is 0 Å². The van der Waals surface area contributed by atoms with Crippen molar-refractivity contribution in [1.29, 1.82) is 0 Å². The van der Waals surface area contributed by atoms with E-state index in [0.717, 1.165) is 17.0 Å². The van der Waals surface area contributed by atoms with Gasteiger partial charge in [0, 0.05) is 37.3 Å². The smallest absolute Gasteiger partial charge is 0.315 e. The third-order valence-electron chi connectivity index (χ3n) is 4.85. The van der Waals surface area contributed by atoms with Gasteiger partial charge >= 0.3 is 5.56 Å². The Morgan fingerprint density at radius 2 is 2.12 bits per heavy atom. The van der Waals surface area contributed by atoms with Crippen LogP contribution in [0.5, 0.6) is 0 Å². The van der Waals surface area contributed by atoms with Crippen LogP contribution >= 0.6 is 11.3 Å². The standard InChI is InChI=1S/C16H17N3O4S/c20-15-13(19(22)23)4-3-12-11-6-10(8-18(12)15)7-17(9-11)16(21)14-2-1-5-24-14/h1-5,10-11,19,22H,6-9H2/t10-,11-/m0/s1. The van der Waals surface area contributed by atoms with E-state index < -0.39 is 10.8 Å². The van der Waals surface area contributed by atoms with Gasteiger partial charge in [0.2, 0.25) is 5.69 Å². The highest BCUT2D eigenvalue weighted by Gasteiger charge is 2.37. The molecule has 0 spiro atoms. The molecule has 2 aliphatic heterocycles. The lowest BCUT2D eigenvalue weighted by molar-refractivity contribution is -0.992. The van der Waals surface area contributed by atoms with Crippen LogP contribution in [0.1, 0.15) is 27.7 Å². The Kier molecular flexibility index (Phi) is 3.76. The first kappa shape index (κ1) is 15.5. The number of hydrogen-bond acceptors (Lipinski definition) is 5. The lowest BCUT2D eigenvalue weighted by Crippen LogP contribution is -3.00. The second-order valence-corrected chi connectivity index (χ2v) is 7.33. The highest BCUT2D eigenvalue weighted by molar-refractivity contribution is 7.12. The number of fused-ring (bicyclic) bond motifs is 4. The van der Waals surface area contributed by atoms with Gasteiger partial charge in [-0.05, 0) is 29.9 Å². The zero-order chi connectivity index (χ0) is 16.8. The molecule has 0 saturated carbocycles. The maximum Gasteiger partial charge on any atom is 0.315 e. The second kappa shape index (κ2) is 5.82. The summed E-state index contributed by atoms with van der Waals surface area (Å²) >= 11 is 1.43. The van der Waals surface area contributed by atoms with E-state index in [1.807, 2.05) is 22.4 Å². The summed E-state index contributed by atoms with van der Waals surface area (Å²) in [5.41, 5.74) is 0.211. The van der Waals surface area contributed by atoms with Gasteiger partial charge in [0.15, 0.2) is 0 Å². The molecule has 0 radical (unpaired) electrons. The Bertz CT molecular complexity index is 830. The Morgan fingerprint density at radius 3 is 2.83 bits per heavy atom. The van der Waals surface area contributed by atoms with Crippen LogP contribution in [0, 0.1) is 11.1 Å². The van der Waals surface area contributed by atoms with Crippen molar-refractivity contribution in [2.24, 2.45) is 5.92 Å². The molecule has 0 aliphatic carbocycles. The number of nitrogens with one attached hydrogen (secondary N) is 1. The van der Waals surface area contributed by atoms with Gasteiger partial charge in [0.25, 0.3) is 5.91 Å². The van der Waals surface area contributed by atoms with Gasteiger partial charge in [-0.2, -0.15) is 5.23 Å². The number of quaternary nitrogens is 1. The summed E-state index contributed by atoms with van der Waals surface area (Å²) in [6.07, 6.45) is 0.931. The summed E-state index contributed by atoms with van der Waals surface area (Å²) < 4.78 is 1.59. The van der Waals surface area contributed by atoms with Crippen molar-refractivity contribution < 1.29 is 15.2 Å². The minimum absolute atomic E-state index is 0.0395. The topological polar surface area (TPSA) is 90.0 Å². The Balaban J connectivity index is 1.66. The number of carbonyl (C=O) groups is 1. The van der Waals surface area contributed by atoms with Crippen molar-refractivity contribution in [3.8, 4) is 0 Å². The Labute approximate surface area is 141 Å². The minimum Gasteiger partial charge on any atom is -0.595 e. The summed E-state index contributed by atoms with van der Waals surface area (Å²) in [6.45, 7) is 1.65. The van der Waals surface area contributed by atoms with Crippen LogP contribution in [-0.4, -0.2) is 33.7 Å². The number of hydrogen-bond donors (Lipinski definition) is 2. The van der Waals surface area contributed by atoms with Gasteiger partial charge in [-0.25, -0.2) is 5.21 Å². The van der Waals surface area contributed by atoms with Crippen LogP contribution in [-0.2, 0) is 6.54 Å². The van der Waals surface area contributed by atoms with Gasteiger partial charge in [-0.3, -0.25) is 9.59 Å². The zero-order valence-corrected chi connectivity index (χ0v) is 13.7. The number of piperidine rings is 1.